The fraction of sp³-hybridized carbons (Fsp3) is 1.00. The molecule has 0 saturated carbocycles. The van der Waals surface area contributed by atoms with E-state index in [4.69, 9.17) is 7.85 Å². The van der Waals surface area contributed by atoms with Crippen molar-refractivity contribution in [2.45, 2.75) is 230 Å². The molecule has 0 aromatic heterocycles. The Balaban J connectivity index is -0.00000000487. The average molecular weight is 656 g/mol. The topological polar surface area (TPSA) is 0 Å². The Morgan fingerprint density at radius 1 is 0.356 bits per heavy atom. The van der Waals surface area contributed by atoms with Crippen LogP contribution in [0.25, 0.3) is 0 Å². The van der Waals surface area contributed by atoms with Crippen LogP contribution in [-0.4, -0.2) is 92.5 Å². The van der Waals surface area contributed by atoms with E-state index >= 15 is 0 Å². The lowest BCUT2D eigenvalue weighted by Crippen LogP contribution is -1.83. The second-order valence-electron chi connectivity index (χ2n) is 3.91. The molecule has 0 bridgehead atoms. The van der Waals surface area contributed by atoms with Gasteiger partial charge in [-0.25, -0.2) is 25.3 Å². The summed E-state index contributed by atoms with van der Waals surface area (Å²) in [7, 11) is 20.2. The molecule has 45 heavy (non-hydrogen) atoms. The molecule has 12 heteroatoms. The minimum absolute atomic E-state index is 0. The molecular weight excluding hydrogens is 526 g/mol. The maximum absolute atomic E-state index is 5.17. The Hall–Kier alpha value is 0.779. The second kappa shape index (κ2) is 897. The fourth-order valence-corrected chi connectivity index (χ4v) is 1.29. The maximum atomic E-state index is 5.17. The number of rotatable bonds is 6. The zero-order chi connectivity index (χ0) is 30.4. The van der Waals surface area contributed by atoms with Gasteiger partial charge in [0.25, 0.3) is 0 Å². The van der Waals surface area contributed by atoms with Crippen molar-refractivity contribution in [3.8, 4) is 0 Å². The van der Waals surface area contributed by atoms with E-state index < -0.39 is 0 Å². The predicted molar refractivity (Wildman–Crippen MR) is 299 cm³/mol. The molecule has 0 saturated heterocycles. The summed E-state index contributed by atoms with van der Waals surface area (Å²) in [5.41, 5.74) is 0. The SMILES string of the molecule is C.C.C.C.C.C.C.C.C.C.C.C.CC.CC.CC.C[BH2-]CC[BH2-]C.[BH3-]C.[BH3-]C.[BH3-]C.[BH3-]C.[BH3-]CC[BH3-].[B]C.[B]C.[B]CC[BH2-]C. The third-order valence-electron chi connectivity index (χ3n) is 2.29. The summed E-state index contributed by atoms with van der Waals surface area (Å²) in [6, 6.07) is 0. The number of hydrogen-bond acceptors (Lipinski definition) is 0. The summed E-state index contributed by atoms with van der Waals surface area (Å²) >= 11 is 0. The Bertz CT molecular complexity index is 86.7. The zero-order valence-electron chi connectivity index (χ0n) is 24.0. The van der Waals surface area contributed by atoms with Gasteiger partial charge < -0.3 is 0 Å². The minimum atomic E-state index is 0. The van der Waals surface area contributed by atoms with Crippen LogP contribution in [0.15, 0.2) is 0 Å². The second-order valence-corrected chi connectivity index (χ2v) is 3.91. The molecule has 0 aliphatic heterocycles. The Morgan fingerprint density at radius 2 is 0.467 bits per heavy atom. The summed E-state index contributed by atoms with van der Waals surface area (Å²) in [6.07, 6.45) is 8.74. The highest BCUT2D eigenvalue weighted by Crippen LogP contribution is 1.84. The lowest BCUT2D eigenvalue weighted by atomic mass is 9.65. The number of hydrogen-bond donors (Lipinski definition) is 0. The van der Waals surface area contributed by atoms with E-state index in [1.54, 1.807) is 25.3 Å². The van der Waals surface area contributed by atoms with Gasteiger partial charge in [0.15, 0.2) is 0 Å². The molecule has 0 aromatic rings. The summed E-state index contributed by atoms with van der Waals surface area (Å²) in [6.45, 7) is 31.0. The van der Waals surface area contributed by atoms with E-state index in [1.807, 2.05) is 41.5 Å². The van der Waals surface area contributed by atoms with Crippen LogP contribution in [0, 0.1) is 0 Å². The monoisotopic (exact) mass is 658 g/mol. The zero-order valence-corrected chi connectivity index (χ0v) is 24.0. The normalized spacial score (nSPS) is 3.93. The van der Waals surface area contributed by atoms with Crippen molar-refractivity contribution in [1.82, 2.24) is 0 Å². The van der Waals surface area contributed by atoms with Gasteiger partial charge in [-0.2, -0.15) is 54.1 Å². The van der Waals surface area contributed by atoms with Crippen molar-refractivity contribution in [3.05, 3.63) is 0 Å². The summed E-state index contributed by atoms with van der Waals surface area (Å²) < 4.78 is 0. The third-order valence-corrected chi connectivity index (χ3v) is 2.29. The highest BCUT2D eigenvalue weighted by atomic mass is 13.5. The molecule has 0 atom stereocenters. The Labute approximate surface area is 321 Å². The molecule has 0 fully saturated rings. The van der Waals surface area contributed by atoms with Crippen molar-refractivity contribution < 1.29 is 0 Å². The first kappa shape index (κ1) is 194. The molecular formula is C33H129B12-9. The lowest BCUT2D eigenvalue weighted by molar-refractivity contribution is 1.41. The molecule has 0 aliphatic rings. The molecule has 6 radical (unpaired) electrons. The van der Waals surface area contributed by atoms with Crippen molar-refractivity contribution in [2.75, 3.05) is 0 Å². The van der Waals surface area contributed by atoms with Gasteiger partial charge in [-0.1, -0.05) is 191 Å². The largest absolute Gasteiger partial charge is 0.219 e. The van der Waals surface area contributed by atoms with Gasteiger partial charge in [-0.05, 0) is 21.8 Å². The third kappa shape index (κ3) is 1780. The van der Waals surface area contributed by atoms with E-state index in [-0.39, 0.29) is 89.1 Å². The van der Waals surface area contributed by atoms with Gasteiger partial charge in [-0.15, -0.1) is 6.32 Å². The van der Waals surface area contributed by atoms with Crippen molar-refractivity contribution in [1.29, 1.82) is 0 Å². The van der Waals surface area contributed by atoms with Crippen LogP contribution in [0.3, 0.4) is 0 Å². The van der Waals surface area contributed by atoms with Gasteiger partial charge in [0, 0.05) is 0 Å². The summed E-state index contributed by atoms with van der Waals surface area (Å²) in [5, 5.41) is 0. The quantitative estimate of drug-likeness (QED) is 0.203. The van der Waals surface area contributed by atoms with Crippen LogP contribution in [-0.2, 0) is 0 Å². The van der Waals surface area contributed by atoms with Crippen LogP contribution in [0.2, 0.25) is 99.3 Å². The highest BCUT2D eigenvalue weighted by Gasteiger charge is 1.66. The van der Waals surface area contributed by atoms with E-state index in [1.165, 1.54) is 20.0 Å². The summed E-state index contributed by atoms with van der Waals surface area (Å²) in [5.74, 6) is 0. The van der Waals surface area contributed by atoms with Crippen LogP contribution < -0.4 is 0 Å². The van der Waals surface area contributed by atoms with Gasteiger partial charge in [0.05, 0.1) is 23.5 Å². The van der Waals surface area contributed by atoms with Gasteiger partial charge >= 0.3 is 0 Å². The molecule has 306 valence electrons. The molecule has 0 rings (SSSR count). The first-order valence-corrected chi connectivity index (χ1v) is 11.2. The maximum Gasteiger partial charge on any atom is 0.0610 e. The predicted octanol–water partition coefficient (Wildman–Crippen LogP) is 7.74. The molecule has 0 N–H and O–H groups in total. The smallest absolute Gasteiger partial charge is 0.0610 e. The Morgan fingerprint density at radius 3 is 0.489 bits per heavy atom. The summed E-state index contributed by atoms with van der Waals surface area (Å²) in [4.78, 5) is 0. The molecule has 0 aliphatic carbocycles. The average Bonchev–Trinajstić information content (AvgIpc) is 2.98. The molecule has 0 spiro atoms. The van der Waals surface area contributed by atoms with Crippen LogP contribution in [0.4, 0.5) is 0 Å². The standard InChI is InChI=1S/C4H14B2.C3H9B2.C2H10B2.3C2H6.4CH6B.2CH3B.12CH4/c1-5-3-4-6-2;1-5-3-2-4;3-1-2-4;9*1-2;;;;;;;;;;;;/h3-6H2,1-2H3;2-3,5H2,1H3;1-2H2,3-4H3;7*1-2H3;2*1H3;12*1H4/q-2;-1;-2;;;;4*-1;;;;;;;;;;;;;;. The molecule has 0 unspecified atom stereocenters. The van der Waals surface area contributed by atoms with Crippen LogP contribution in [0.1, 0.15) is 131 Å². The van der Waals surface area contributed by atoms with E-state index in [0.717, 1.165) is 53.4 Å². The van der Waals surface area contributed by atoms with Gasteiger partial charge in [-0.3, -0.25) is 0 Å². The highest BCUT2D eigenvalue weighted by molar-refractivity contribution is 6.40. The molecule has 0 heterocycles. The van der Waals surface area contributed by atoms with E-state index in [9.17, 15) is 0 Å². The first-order valence-electron chi connectivity index (χ1n) is 11.2. The van der Waals surface area contributed by atoms with Gasteiger partial charge in [0.1, 0.15) is 0 Å². The van der Waals surface area contributed by atoms with Crippen molar-refractivity contribution >= 4 is 92.5 Å². The fourth-order valence-electron chi connectivity index (χ4n) is 1.29. The minimum Gasteiger partial charge on any atom is -0.219 e. The van der Waals surface area contributed by atoms with Crippen molar-refractivity contribution in [3.63, 3.8) is 0 Å². The Kier molecular flexibility index (Phi) is 3860. The van der Waals surface area contributed by atoms with E-state index in [2.05, 4.69) is 63.5 Å². The molecule has 0 amide bonds. The molecule has 0 nitrogen and oxygen atoms in total. The van der Waals surface area contributed by atoms with Crippen LogP contribution in [0.5, 0.6) is 0 Å². The van der Waals surface area contributed by atoms with E-state index in [0.29, 0.717) is 21.8 Å². The van der Waals surface area contributed by atoms with Crippen molar-refractivity contribution in [2.24, 2.45) is 0 Å². The van der Waals surface area contributed by atoms with Gasteiger partial charge in [0.2, 0.25) is 0 Å². The molecule has 0 aromatic carbocycles. The first-order chi connectivity index (χ1) is 16.2. The lowest BCUT2D eigenvalue weighted by Gasteiger charge is -1.96. The van der Waals surface area contributed by atoms with Crippen LogP contribution >= 0.6 is 0 Å².